The minimum atomic E-state index is -4.31. The van der Waals surface area contributed by atoms with Crippen molar-refractivity contribution in [1.29, 1.82) is 0 Å². The first-order chi connectivity index (χ1) is 9.96. The molecule has 1 heterocycles. The van der Waals surface area contributed by atoms with Gasteiger partial charge < -0.3 is 19.9 Å². The molecule has 118 valence electrons. The number of hydrogen-bond acceptors (Lipinski definition) is 4. The predicted octanol–water partition coefficient (Wildman–Crippen LogP) is 2.82. The highest BCUT2D eigenvalue weighted by Crippen LogP contribution is 2.32. The van der Waals surface area contributed by atoms with Crippen LogP contribution in [0.15, 0.2) is 18.2 Å². The maximum absolute atomic E-state index is 11.9. The zero-order chi connectivity index (χ0) is 15.3. The molecule has 1 aromatic rings. The largest absolute Gasteiger partial charge is 0.490 e. The fourth-order valence-corrected chi connectivity index (χ4v) is 1.98. The highest BCUT2D eigenvalue weighted by molar-refractivity contribution is 5.44. The Morgan fingerprint density at radius 1 is 1.19 bits per heavy atom. The molecule has 0 radical (unpaired) electrons. The molecule has 7 heteroatoms. The molecule has 0 fully saturated rings. The van der Waals surface area contributed by atoms with Crippen molar-refractivity contribution in [2.45, 2.75) is 25.1 Å². The van der Waals surface area contributed by atoms with Gasteiger partial charge in [0.05, 0.1) is 13.2 Å². The van der Waals surface area contributed by atoms with Crippen LogP contribution in [0, 0.1) is 0 Å². The first-order valence-corrected chi connectivity index (χ1v) is 6.75. The lowest BCUT2D eigenvalue weighted by atomic mass is 10.0. The summed E-state index contributed by atoms with van der Waals surface area (Å²) in [5.74, 6) is 1.29. The van der Waals surface area contributed by atoms with E-state index < -0.39 is 18.8 Å². The molecule has 0 saturated carbocycles. The highest BCUT2D eigenvalue weighted by Gasteiger charge is 2.27. The summed E-state index contributed by atoms with van der Waals surface area (Å²) >= 11 is 0. The maximum Gasteiger partial charge on any atom is 0.411 e. The monoisotopic (exact) mass is 305 g/mol. The molecule has 0 amide bonds. The molecular formula is C14H18F3NO3. The van der Waals surface area contributed by atoms with Crippen molar-refractivity contribution in [2.75, 3.05) is 26.4 Å². The summed E-state index contributed by atoms with van der Waals surface area (Å²) in [4.78, 5) is 0. The Bertz CT molecular complexity index is 465. The molecule has 1 aliphatic rings. The fraction of sp³-hybridized carbons (Fsp3) is 0.571. The smallest absolute Gasteiger partial charge is 0.411 e. The molecule has 1 aliphatic heterocycles. The summed E-state index contributed by atoms with van der Waals surface area (Å²) in [6, 6.07) is 4.93. The number of rotatable bonds is 5. The number of alkyl halides is 3. The molecule has 0 bridgehead atoms. The Hall–Kier alpha value is -1.47. The van der Waals surface area contributed by atoms with Gasteiger partial charge in [-0.2, -0.15) is 13.2 Å². The van der Waals surface area contributed by atoms with Gasteiger partial charge in [0, 0.05) is 19.1 Å². The van der Waals surface area contributed by atoms with Crippen LogP contribution in [0.3, 0.4) is 0 Å². The van der Waals surface area contributed by atoms with Gasteiger partial charge in [0.25, 0.3) is 0 Å². The third-order valence-corrected chi connectivity index (χ3v) is 3.04. The fourth-order valence-electron chi connectivity index (χ4n) is 1.98. The summed E-state index contributed by atoms with van der Waals surface area (Å²) in [5.41, 5.74) is 6.75. The molecular weight excluding hydrogens is 287 g/mol. The first kappa shape index (κ1) is 15.9. The van der Waals surface area contributed by atoms with Gasteiger partial charge in [-0.15, -0.1) is 0 Å². The standard InChI is InChI=1S/C14H18F3NO3/c15-14(16,17)9-19-7-4-11(18)10-2-3-12-13(8-10)21-6-1-5-20-12/h2-3,8,11H,1,4-7,9,18H2. The molecule has 21 heavy (non-hydrogen) atoms. The van der Waals surface area contributed by atoms with Gasteiger partial charge in [0.2, 0.25) is 0 Å². The Morgan fingerprint density at radius 2 is 1.90 bits per heavy atom. The topological polar surface area (TPSA) is 53.7 Å². The van der Waals surface area contributed by atoms with Gasteiger partial charge in [-0.1, -0.05) is 6.07 Å². The van der Waals surface area contributed by atoms with Gasteiger partial charge >= 0.3 is 6.18 Å². The van der Waals surface area contributed by atoms with Crippen molar-refractivity contribution in [3.63, 3.8) is 0 Å². The van der Waals surface area contributed by atoms with E-state index in [-0.39, 0.29) is 6.61 Å². The predicted molar refractivity (Wildman–Crippen MR) is 70.5 cm³/mol. The second-order valence-electron chi connectivity index (χ2n) is 4.82. The first-order valence-electron chi connectivity index (χ1n) is 6.75. The van der Waals surface area contributed by atoms with E-state index in [9.17, 15) is 13.2 Å². The van der Waals surface area contributed by atoms with E-state index in [0.29, 0.717) is 31.1 Å². The van der Waals surface area contributed by atoms with Crippen molar-refractivity contribution >= 4 is 0 Å². The van der Waals surface area contributed by atoms with Crippen LogP contribution in [0.2, 0.25) is 0 Å². The van der Waals surface area contributed by atoms with E-state index >= 15 is 0 Å². The van der Waals surface area contributed by atoms with Gasteiger partial charge in [0.1, 0.15) is 6.61 Å². The lowest BCUT2D eigenvalue weighted by Crippen LogP contribution is -2.19. The average Bonchev–Trinajstić information content (AvgIpc) is 2.66. The molecule has 2 rings (SSSR count). The summed E-state index contributed by atoms with van der Waals surface area (Å²) in [5, 5.41) is 0. The van der Waals surface area contributed by atoms with Gasteiger partial charge in [-0.25, -0.2) is 0 Å². The van der Waals surface area contributed by atoms with E-state index in [2.05, 4.69) is 4.74 Å². The molecule has 0 aliphatic carbocycles. The van der Waals surface area contributed by atoms with Crippen LogP contribution in [0.1, 0.15) is 24.4 Å². The summed E-state index contributed by atoms with van der Waals surface area (Å²) < 4.78 is 51.4. The number of nitrogens with two attached hydrogens (primary N) is 1. The third-order valence-electron chi connectivity index (χ3n) is 3.04. The molecule has 4 nitrogen and oxygen atoms in total. The van der Waals surface area contributed by atoms with Gasteiger partial charge in [-0.3, -0.25) is 0 Å². The number of ether oxygens (including phenoxy) is 3. The summed E-state index contributed by atoms with van der Waals surface area (Å²) in [7, 11) is 0. The number of hydrogen-bond donors (Lipinski definition) is 1. The second-order valence-corrected chi connectivity index (χ2v) is 4.82. The third kappa shape index (κ3) is 5.09. The molecule has 1 unspecified atom stereocenters. The van der Waals surface area contributed by atoms with Gasteiger partial charge in [-0.05, 0) is 24.1 Å². The van der Waals surface area contributed by atoms with Crippen LogP contribution < -0.4 is 15.2 Å². The van der Waals surface area contributed by atoms with Crippen LogP contribution >= 0.6 is 0 Å². The van der Waals surface area contributed by atoms with Crippen LogP contribution in [-0.2, 0) is 4.74 Å². The normalized spacial score (nSPS) is 16.4. The minimum absolute atomic E-state index is 0.0465. The van der Waals surface area contributed by atoms with Crippen molar-refractivity contribution in [2.24, 2.45) is 5.73 Å². The zero-order valence-electron chi connectivity index (χ0n) is 11.5. The lowest BCUT2D eigenvalue weighted by molar-refractivity contribution is -0.174. The van der Waals surface area contributed by atoms with E-state index in [4.69, 9.17) is 15.2 Å². The maximum atomic E-state index is 11.9. The molecule has 0 aromatic heterocycles. The highest BCUT2D eigenvalue weighted by atomic mass is 19.4. The second kappa shape index (κ2) is 7.00. The SMILES string of the molecule is NC(CCOCC(F)(F)F)c1ccc2c(c1)OCCCO2. The van der Waals surface area contributed by atoms with Gasteiger partial charge in [0.15, 0.2) is 11.5 Å². The van der Waals surface area contributed by atoms with Crippen molar-refractivity contribution in [1.82, 2.24) is 0 Å². The Balaban J connectivity index is 1.87. The molecule has 1 aromatic carbocycles. The zero-order valence-corrected chi connectivity index (χ0v) is 11.5. The van der Waals surface area contributed by atoms with Crippen LogP contribution in [0.25, 0.3) is 0 Å². The number of benzene rings is 1. The van der Waals surface area contributed by atoms with Crippen LogP contribution in [0.5, 0.6) is 11.5 Å². The Kier molecular flexibility index (Phi) is 5.30. The lowest BCUT2D eigenvalue weighted by Gasteiger charge is -2.15. The van der Waals surface area contributed by atoms with Crippen molar-refractivity contribution < 1.29 is 27.4 Å². The average molecular weight is 305 g/mol. The van der Waals surface area contributed by atoms with E-state index in [1.807, 2.05) is 0 Å². The van der Waals surface area contributed by atoms with Crippen LogP contribution in [-0.4, -0.2) is 32.6 Å². The van der Waals surface area contributed by atoms with Crippen LogP contribution in [0.4, 0.5) is 13.2 Å². The minimum Gasteiger partial charge on any atom is -0.490 e. The Labute approximate surface area is 121 Å². The molecule has 0 saturated heterocycles. The Morgan fingerprint density at radius 3 is 2.62 bits per heavy atom. The summed E-state index contributed by atoms with van der Waals surface area (Å²) in [6.07, 6.45) is -3.20. The molecule has 2 N–H and O–H groups in total. The number of halogens is 3. The molecule has 0 spiro atoms. The quantitative estimate of drug-likeness (QED) is 0.850. The number of fused-ring (bicyclic) bond motifs is 1. The van der Waals surface area contributed by atoms with Crippen molar-refractivity contribution in [3.05, 3.63) is 23.8 Å². The van der Waals surface area contributed by atoms with E-state index in [0.717, 1.165) is 12.0 Å². The van der Waals surface area contributed by atoms with Crippen molar-refractivity contribution in [3.8, 4) is 11.5 Å². The molecule has 1 atom stereocenters. The van der Waals surface area contributed by atoms with E-state index in [1.165, 1.54) is 0 Å². The van der Waals surface area contributed by atoms with E-state index in [1.54, 1.807) is 18.2 Å². The summed E-state index contributed by atoms with van der Waals surface area (Å²) in [6.45, 7) is -0.125.